The molecule has 0 bridgehead atoms. The van der Waals surface area contributed by atoms with Crippen LogP contribution in [0.15, 0.2) is 17.1 Å². The molecule has 0 saturated heterocycles. The van der Waals surface area contributed by atoms with Crippen LogP contribution in [0.25, 0.3) is 0 Å². The molecule has 1 rings (SSSR count). The zero-order chi connectivity index (χ0) is 7.56. The van der Waals surface area contributed by atoms with Crippen LogP contribution in [-0.2, 0) is 4.79 Å². The van der Waals surface area contributed by atoms with Gasteiger partial charge in [-0.15, -0.1) is 0 Å². The molecule has 1 heterocycles. The summed E-state index contributed by atoms with van der Waals surface area (Å²) in [5.41, 5.74) is 0.703. The molecule has 3 nitrogen and oxygen atoms in total. The lowest BCUT2D eigenvalue weighted by atomic mass is 10.1. The highest BCUT2D eigenvalue weighted by atomic mass is 16.3. The summed E-state index contributed by atoms with van der Waals surface area (Å²) in [5, 5.41) is 8.61. The standard InChI is InChI=1S/C7H9NO2/c1-5-2-3-6(4-9)7(10)8-5/h2-3,6,9H,4H2,1H3. The first-order valence-electron chi connectivity index (χ1n) is 3.12. The summed E-state index contributed by atoms with van der Waals surface area (Å²) in [6, 6.07) is 0. The number of aliphatic hydroxyl groups excluding tert-OH is 1. The maximum Gasteiger partial charge on any atom is 0.255 e. The van der Waals surface area contributed by atoms with E-state index in [1.54, 1.807) is 19.1 Å². The van der Waals surface area contributed by atoms with E-state index in [1.807, 2.05) is 0 Å². The lowest BCUT2D eigenvalue weighted by Gasteiger charge is -2.08. The van der Waals surface area contributed by atoms with Crippen molar-refractivity contribution >= 4 is 11.6 Å². The Balaban J connectivity index is 2.74. The van der Waals surface area contributed by atoms with Crippen LogP contribution in [0.2, 0.25) is 0 Å². The van der Waals surface area contributed by atoms with Gasteiger partial charge in [0.25, 0.3) is 5.91 Å². The molecule has 1 atom stereocenters. The topological polar surface area (TPSA) is 49.7 Å². The largest absolute Gasteiger partial charge is 0.395 e. The van der Waals surface area contributed by atoms with Crippen molar-refractivity contribution < 1.29 is 9.90 Å². The quantitative estimate of drug-likeness (QED) is 0.562. The molecule has 0 aliphatic carbocycles. The van der Waals surface area contributed by atoms with E-state index < -0.39 is 5.92 Å². The fraction of sp³-hybridized carbons (Fsp3) is 0.429. The number of allylic oxidation sites excluding steroid dienone is 1. The van der Waals surface area contributed by atoms with Gasteiger partial charge in [0.05, 0.1) is 12.5 Å². The van der Waals surface area contributed by atoms with Crippen LogP contribution < -0.4 is 0 Å². The van der Waals surface area contributed by atoms with Gasteiger partial charge in [0, 0.05) is 5.71 Å². The average Bonchev–Trinajstić information content (AvgIpc) is 1.88. The van der Waals surface area contributed by atoms with Crippen molar-refractivity contribution in [3.05, 3.63) is 12.2 Å². The van der Waals surface area contributed by atoms with Crippen LogP contribution in [0.4, 0.5) is 0 Å². The predicted octanol–water partition coefficient (Wildman–Crippen LogP) is 0.152. The van der Waals surface area contributed by atoms with Crippen molar-refractivity contribution in [3.63, 3.8) is 0 Å². The molecule has 54 valence electrons. The Bertz CT molecular complexity index is 206. The SMILES string of the molecule is CC1=NC(=O)C(CO)C=C1. The second-order valence-corrected chi connectivity index (χ2v) is 2.24. The first-order valence-corrected chi connectivity index (χ1v) is 3.12. The molecule has 10 heavy (non-hydrogen) atoms. The van der Waals surface area contributed by atoms with Gasteiger partial charge < -0.3 is 5.11 Å². The minimum atomic E-state index is -0.413. The normalized spacial score (nSPS) is 24.8. The van der Waals surface area contributed by atoms with E-state index in [0.717, 1.165) is 0 Å². The first-order chi connectivity index (χ1) is 4.74. The summed E-state index contributed by atoms with van der Waals surface area (Å²) in [4.78, 5) is 14.5. The van der Waals surface area contributed by atoms with Crippen LogP contribution in [-0.4, -0.2) is 23.3 Å². The molecule has 0 radical (unpaired) electrons. The number of dihydropyridines is 1. The lowest BCUT2D eigenvalue weighted by Crippen LogP contribution is -2.18. The van der Waals surface area contributed by atoms with Gasteiger partial charge in [-0.3, -0.25) is 4.79 Å². The Morgan fingerprint density at radius 2 is 2.50 bits per heavy atom. The molecule has 1 N–H and O–H groups in total. The molecule has 1 aliphatic rings. The molecule has 0 aromatic heterocycles. The van der Waals surface area contributed by atoms with Gasteiger partial charge in [-0.25, -0.2) is 4.99 Å². The maximum absolute atomic E-state index is 10.8. The van der Waals surface area contributed by atoms with Crippen LogP contribution in [0.1, 0.15) is 6.92 Å². The predicted molar refractivity (Wildman–Crippen MR) is 37.8 cm³/mol. The van der Waals surface area contributed by atoms with Gasteiger partial charge >= 0.3 is 0 Å². The van der Waals surface area contributed by atoms with Crippen molar-refractivity contribution in [2.75, 3.05) is 6.61 Å². The Kier molecular flexibility index (Phi) is 1.97. The number of hydrogen-bond acceptors (Lipinski definition) is 2. The Hall–Kier alpha value is -0.960. The molecule has 0 spiro atoms. The average molecular weight is 139 g/mol. The summed E-state index contributed by atoms with van der Waals surface area (Å²) < 4.78 is 0. The second-order valence-electron chi connectivity index (χ2n) is 2.24. The zero-order valence-corrected chi connectivity index (χ0v) is 5.74. The fourth-order valence-corrected chi connectivity index (χ4v) is 0.771. The van der Waals surface area contributed by atoms with Gasteiger partial charge in [-0.2, -0.15) is 0 Å². The number of aliphatic hydroxyl groups is 1. The monoisotopic (exact) mass is 139 g/mol. The molecule has 1 aliphatic heterocycles. The molecule has 0 fully saturated rings. The van der Waals surface area contributed by atoms with Crippen LogP contribution in [0.3, 0.4) is 0 Å². The van der Waals surface area contributed by atoms with Crippen LogP contribution in [0.5, 0.6) is 0 Å². The van der Waals surface area contributed by atoms with Gasteiger partial charge in [-0.1, -0.05) is 6.08 Å². The van der Waals surface area contributed by atoms with Crippen molar-refractivity contribution in [2.24, 2.45) is 10.9 Å². The van der Waals surface area contributed by atoms with Gasteiger partial charge in [0.1, 0.15) is 0 Å². The van der Waals surface area contributed by atoms with Crippen molar-refractivity contribution in [1.29, 1.82) is 0 Å². The highest BCUT2D eigenvalue weighted by Gasteiger charge is 2.15. The van der Waals surface area contributed by atoms with Crippen LogP contribution in [0, 0.1) is 5.92 Å². The van der Waals surface area contributed by atoms with E-state index in [-0.39, 0.29) is 12.5 Å². The number of amides is 1. The van der Waals surface area contributed by atoms with Crippen molar-refractivity contribution in [3.8, 4) is 0 Å². The van der Waals surface area contributed by atoms with E-state index >= 15 is 0 Å². The molecule has 1 unspecified atom stereocenters. The number of aliphatic imine (C=N–C) groups is 1. The number of hydrogen-bond donors (Lipinski definition) is 1. The van der Waals surface area contributed by atoms with E-state index in [9.17, 15) is 4.79 Å². The fourth-order valence-electron chi connectivity index (χ4n) is 0.771. The molecular weight excluding hydrogens is 130 g/mol. The van der Waals surface area contributed by atoms with E-state index in [1.165, 1.54) is 0 Å². The summed E-state index contributed by atoms with van der Waals surface area (Å²) in [6.45, 7) is 1.61. The van der Waals surface area contributed by atoms with Crippen molar-refractivity contribution in [1.82, 2.24) is 0 Å². The molecule has 0 aromatic rings. The number of rotatable bonds is 1. The summed E-state index contributed by atoms with van der Waals surface area (Å²) >= 11 is 0. The molecule has 3 heteroatoms. The second kappa shape index (κ2) is 2.75. The first kappa shape index (κ1) is 7.15. The molecule has 0 aromatic carbocycles. The Morgan fingerprint density at radius 3 is 3.00 bits per heavy atom. The summed E-state index contributed by atoms with van der Waals surface area (Å²) in [7, 11) is 0. The van der Waals surface area contributed by atoms with Gasteiger partial charge in [0.15, 0.2) is 0 Å². The molecule has 1 amide bonds. The third kappa shape index (κ3) is 1.30. The highest BCUT2D eigenvalue weighted by molar-refractivity contribution is 6.04. The third-order valence-electron chi connectivity index (χ3n) is 1.37. The number of carbonyl (C=O) groups is 1. The van der Waals surface area contributed by atoms with E-state index in [2.05, 4.69) is 4.99 Å². The lowest BCUT2D eigenvalue weighted by molar-refractivity contribution is -0.121. The smallest absolute Gasteiger partial charge is 0.255 e. The van der Waals surface area contributed by atoms with Crippen molar-refractivity contribution in [2.45, 2.75) is 6.92 Å². The van der Waals surface area contributed by atoms with Gasteiger partial charge in [0.2, 0.25) is 0 Å². The summed E-state index contributed by atoms with van der Waals surface area (Å²) in [5.74, 6) is -0.661. The van der Waals surface area contributed by atoms with Crippen LogP contribution >= 0.6 is 0 Å². The molecule has 0 saturated carbocycles. The number of carbonyl (C=O) groups excluding carboxylic acids is 1. The maximum atomic E-state index is 10.8. The van der Waals surface area contributed by atoms with E-state index in [4.69, 9.17) is 5.11 Å². The van der Waals surface area contributed by atoms with Gasteiger partial charge in [-0.05, 0) is 13.0 Å². The Morgan fingerprint density at radius 1 is 1.80 bits per heavy atom. The third-order valence-corrected chi connectivity index (χ3v) is 1.37. The van der Waals surface area contributed by atoms with E-state index in [0.29, 0.717) is 5.71 Å². The molecular formula is C7H9NO2. The minimum Gasteiger partial charge on any atom is -0.395 e. The minimum absolute atomic E-state index is 0.147. The number of nitrogens with zero attached hydrogens (tertiary/aromatic N) is 1. The highest BCUT2D eigenvalue weighted by Crippen LogP contribution is 2.06. The summed E-state index contributed by atoms with van der Waals surface area (Å²) in [6.07, 6.45) is 3.41. The Labute approximate surface area is 59.1 Å². The zero-order valence-electron chi connectivity index (χ0n) is 5.74.